The van der Waals surface area contributed by atoms with Crippen LogP contribution in [-0.4, -0.2) is 6.54 Å². The molecule has 0 heterocycles. The lowest BCUT2D eigenvalue weighted by Crippen LogP contribution is -2.03. The van der Waals surface area contributed by atoms with Gasteiger partial charge in [-0.1, -0.05) is 28.1 Å². The highest BCUT2D eigenvalue weighted by Crippen LogP contribution is 2.11. The Morgan fingerprint density at radius 1 is 1.45 bits per heavy atom. The van der Waals surface area contributed by atoms with E-state index in [1.807, 2.05) is 12.1 Å². The molecule has 0 amide bonds. The molecule has 0 aliphatic carbocycles. The molecule has 3 heteroatoms. The van der Waals surface area contributed by atoms with Crippen LogP contribution < -0.4 is 4.84 Å². The molecular formula is C8H9BrClN. The lowest BCUT2D eigenvalue weighted by atomic mass is 10.2. The van der Waals surface area contributed by atoms with Crippen LogP contribution in [0.1, 0.15) is 5.56 Å². The highest BCUT2D eigenvalue weighted by atomic mass is 79.9. The van der Waals surface area contributed by atoms with Crippen molar-refractivity contribution in [3.05, 3.63) is 34.3 Å². The van der Waals surface area contributed by atoms with E-state index in [0.29, 0.717) is 0 Å². The van der Waals surface area contributed by atoms with Crippen LogP contribution in [0.5, 0.6) is 0 Å². The summed E-state index contributed by atoms with van der Waals surface area (Å²) in [7, 11) is 0. The number of nitrogens with one attached hydrogen (secondary N) is 1. The summed E-state index contributed by atoms with van der Waals surface area (Å²) >= 11 is 8.73. The molecule has 11 heavy (non-hydrogen) atoms. The molecule has 0 radical (unpaired) electrons. The lowest BCUT2D eigenvalue weighted by molar-refractivity contribution is 0.898. The van der Waals surface area contributed by atoms with E-state index in [1.165, 1.54) is 5.56 Å². The smallest absolute Gasteiger partial charge is 0.0178 e. The summed E-state index contributed by atoms with van der Waals surface area (Å²) in [6.45, 7) is 0.804. The first-order valence-electron chi connectivity index (χ1n) is 3.41. The summed E-state index contributed by atoms with van der Waals surface area (Å²) in [5.41, 5.74) is 1.28. The fourth-order valence-electron chi connectivity index (χ4n) is 0.884. The van der Waals surface area contributed by atoms with Crippen molar-refractivity contribution in [2.75, 3.05) is 6.54 Å². The Morgan fingerprint density at radius 3 is 2.91 bits per heavy atom. The van der Waals surface area contributed by atoms with Crippen LogP contribution in [0, 0.1) is 0 Å². The summed E-state index contributed by atoms with van der Waals surface area (Å²) in [5, 5.41) is 0. The van der Waals surface area contributed by atoms with Gasteiger partial charge in [0.2, 0.25) is 0 Å². The third kappa shape index (κ3) is 3.23. The predicted molar refractivity (Wildman–Crippen MR) is 51.7 cm³/mol. The van der Waals surface area contributed by atoms with Crippen LogP contribution in [0.2, 0.25) is 0 Å². The maximum absolute atomic E-state index is 5.33. The SMILES string of the molecule is ClNCCc1cccc(Br)c1. The maximum Gasteiger partial charge on any atom is 0.0178 e. The van der Waals surface area contributed by atoms with Crippen molar-refractivity contribution >= 4 is 27.7 Å². The first kappa shape index (κ1) is 9.04. The second kappa shape index (κ2) is 4.75. The minimum Gasteiger partial charge on any atom is -0.233 e. The minimum absolute atomic E-state index is 0.804. The Morgan fingerprint density at radius 2 is 2.27 bits per heavy atom. The van der Waals surface area contributed by atoms with E-state index < -0.39 is 0 Å². The molecule has 0 saturated heterocycles. The third-order valence-corrected chi connectivity index (χ3v) is 2.08. The third-order valence-electron chi connectivity index (χ3n) is 1.40. The van der Waals surface area contributed by atoms with Crippen LogP contribution >= 0.6 is 27.7 Å². The van der Waals surface area contributed by atoms with Gasteiger partial charge < -0.3 is 0 Å². The largest absolute Gasteiger partial charge is 0.233 e. The van der Waals surface area contributed by atoms with Gasteiger partial charge in [0.25, 0.3) is 0 Å². The van der Waals surface area contributed by atoms with E-state index in [-0.39, 0.29) is 0 Å². The van der Waals surface area contributed by atoms with Gasteiger partial charge in [0, 0.05) is 11.0 Å². The van der Waals surface area contributed by atoms with Gasteiger partial charge in [-0.3, -0.25) is 0 Å². The molecule has 0 aliphatic rings. The van der Waals surface area contributed by atoms with Crippen molar-refractivity contribution in [1.82, 2.24) is 4.84 Å². The van der Waals surface area contributed by atoms with Crippen molar-refractivity contribution in [3.63, 3.8) is 0 Å². The van der Waals surface area contributed by atoms with Crippen molar-refractivity contribution in [3.8, 4) is 0 Å². The van der Waals surface area contributed by atoms with Crippen molar-refractivity contribution in [2.45, 2.75) is 6.42 Å². The molecule has 60 valence electrons. The van der Waals surface area contributed by atoms with E-state index in [4.69, 9.17) is 11.8 Å². The van der Waals surface area contributed by atoms with Crippen LogP contribution in [0.15, 0.2) is 28.7 Å². The van der Waals surface area contributed by atoms with Crippen molar-refractivity contribution in [2.24, 2.45) is 0 Å². The van der Waals surface area contributed by atoms with E-state index in [1.54, 1.807) is 0 Å². The molecule has 1 aromatic carbocycles. The van der Waals surface area contributed by atoms with E-state index >= 15 is 0 Å². The van der Waals surface area contributed by atoms with Gasteiger partial charge in [0.1, 0.15) is 0 Å². The number of hydrogen-bond acceptors (Lipinski definition) is 1. The maximum atomic E-state index is 5.33. The molecule has 1 nitrogen and oxygen atoms in total. The molecular weight excluding hydrogens is 225 g/mol. The molecule has 0 fully saturated rings. The lowest BCUT2D eigenvalue weighted by Gasteiger charge is -1.99. The zero-order chi connectivity index (χ0) is 8.10. The van der Waals surface area contributed by atoms with Gasteiger partial charge in [0.15, 0.2) is 0 Å². The molecule has 0 unspecified atom stereocenters. The first-order valence-corrected chi connectivity index (χ1v) is 4.58. The second-order valence-corrected chi connectivity index (χ2v) is 3.45. The fraction of sp³-hybridized carbons (Fsp3) is 0.250. The Bertz CT molecular complexity index is 227. The monoisotopic (exact) mass is 233 g/mol. The van der Waals surface area contributed by atoms with Crippen LogP contribution in [0.3, 0.4) is 0 Å². The Hall–Kier alpha value is -0.0500. The normalized spacial score (nSPS) is 10.0. The summed E-state index contributed by atoms with van der Waals surface area (Å²) in [6.07, 6.45) is 0.961. The van der Waals surface area contributed by atoms with Gasteiger partial charge in [-0.05, 0) is 35.9 Å². The molecule has 0 atom stereocenters. The molecule has 0 aromatic heterocycles. The Labute approximate surface area is 80.0 Å². The number of rotatable bonds is 3. The van der Waals surface area contributed by atoms with Gasteiger partial charge in [-0.2, -0.15) is 0 Å². The standard InChI is InChI=1S/C8H9BrClN/c9-8-3-1-2-7(6-8)4-5-11-10/h1-3,6,11H,4-5H2. The molecule has 1 N–H and O–H groups in total. The predicted octanol–water partition coefficient (Wildman–Crippen LogP) is 2.74. The van der Waals surface area contributed by atoms with Gasteiger partial charge >= 0.3 is 0 Å². The fourth-order valence-corrected chi connectivity index (χ4v) is 1.43. The summed E-state index contributed by atoms with van der Waals surface area (Å²) < 4.78 is 1.12. The summed E-state index contributed by atoms with van der Waals surface area (Å²) in [4.78, 5) is 2.59. The van der Waals surface area contributed by atoms with Gasteiger partial charge in [-0.15, -0.1) is 0 Å². The average molecular weight is 235 g/mol. The minimum atomic E-state index is 0.804. The van der Waals surface area contributed by atoms with E-state index in [0.717, 1.165) is 17.4 Å². The topological polar surface area (TPSA) is 12.0 Å². The van der Waals surface area contributed by atoms with Crippen LogP contribution in [-0.2, 0) is 6.42 Å². The number of hydrogen-bond donors (Lipinski definition) is 1. The number of halogens is 2. The molecule has 1 aromatic rings. The summed E-state index contributed by atoms with van der Waals surface area (Å²) in [6, 6.07) is 8.21. The zero-order valence-electron chi connectivity index (χ0n) is 5.98. The van der Waals surface area contributed by atoms with Crippen LogP contribution in [0.25, 0.3) is 0 Å². The van der Waals surface area contributed by atoms with Gasteiger partial charge in [-0.25, -0.2) is 4.84 Å². The molecule has 0 saturated carbocycles. The van der Waals surface area contributed by atoms with E-state index in [2.05, 4.69) is 32.9 Å². The Balaban J connectivity index is 2.56. The molecule has 0 bridgehead atoms. The molecule has 0 spiro atoms. The molecule has 1 rings (SSSR count). The van der Waals surface area contributed by atoms with E-state index in [9.17, 15) is 0 Å². The average Bonchev–Trinajstić information content (AvgIpc) is 2.01. The summed E-state index contributed by atoms with van der Waals surface area (Å²) in [5.74, 6) is 0. The molecule has 0 aliphatic heterocycles. The Kier molecular flexibility index (Phi) is 3.91. The van der Waals surface area contributed by atoms with Crippen molar-refractivity contribution in [1.29, 1.82) is 0 Å². The number of benzene rings is 1. The second-order valence-electron chi connectivity index (χ2n) is 2.26. The van der Waals surface area contributed by atoms with Crippen molar-refractivity contribution < 1.29 is 0 Å². The first-order chi connectivity index (χ1) is 5.33. The highest BCUT2D eigenvalue weighted by Gasteiger charge is 1.91. The van der Waals surface area contributed by atoms with Gasteiger partial charge in [0.05, 0.1) is 0 Å². The highest BCUT2D eigenvalue weighted by molar-refractivity contribution is 9.10. The quantitative estimate of drug-likeness (QED) is 0.793. The zero-order valence-corrected chi connectivity index (χ0v) is 8.32. The van der Waals surface area contributed by atoms with Crippen LogP contribution in [0.4, 0.5) is 0 Å².